The van der Waals surface area contributed by atoms with Gasteiger partial charge in [-0.3, -0.25) is 10.1 Å². The summed E-state index contributed by atoms with van der Waals surface area (Å²) in [5, 5.41) is 20.2. The number of hydrogen-bond acceptors (Lipinski definition) is 6. The molecular formula is C18H16N2O5. The Kier molecular flexibility index (Phi) is 5.58. The van der Waals surface area contributed by atoms with Gasteiger partial charge >= 0.3 is 0 Å². The summed E-state index contributed by atoms with van der Waals surface area (Å²) in [6, 6.07) is 11.2. The molecule has 7 heteroatoms. The van der Waals surface area contributed by atoms with Crippen LogP contribution in [0.5, 0.6) is 17.2 Å². The van der Waals surface area contributed by atoms with Crippen LogP contribution in [0.2, 0.25) is 0 Å². The molecule has 0 bridgehead atoms. The van der Waals surface area contributed by atoms with Crippen LogP contribution >= 0.6 is 0 Å². The molecule has 25 heavy (non-hydrogen) atoms. The lowest BCUT2D eigenvalue weighted by Crippen LogP contribution is -1.95. The maximum Gasteiger partial charge on any atom is 0.269 e. The number of nitrogens with zero attached hydrogens (tertiary/aromatic N) is 2. The molecule has 7 nitrogen and oxygen atoms in total. The Bertz CT molecular complexity index is 851. The summed E-state index contributed by atoms with van der Waals surface area (Å²) < 4.78 is 15.8. The second-order valence-corrected chi connectivity index (χ2v) is 4.92. The van der Waals surface area contributed by atoms with Crippen molar-refractivity contribution in [2.45, 2.75) is 0 Å². The lowest BCUT2D eigenvalue weighted by Gasteiger charge is -2.12. The lowest BCUT2D eigenvalue weighted by molar-refractivity contribution is -0.384. The highest BCUT2D eigenvalue weighted by Crippen LogP contribution is 2.36. The van der Waals surface area contributed by atoms with Crippen LogP contribution < -0.4 is 14.2 Å². The number of rotatable bonds is 6. The molecule has 0 N–H and O–H groups in total. The van der Waals surface area contributed by atoms with Gasteiger partial charge < -0.3 is 14.2 Å². The van der Waals surface area contributed by atoms with Crippen LogP contribution in [-0.2, 0) is 0 Å². The number of benzene rings is 2. The van der Waals surface area contributed by atoms with E-state index in [1.165, 1.54) is 45.6 Å². The van der Waals surface area contributed by atoms with Crippen LogP contribution in [0.4, 0.5) is 5.69 Å². The van der Waals surface area contributed by atoms with Crippen LogP contribution in [-0.4, -0.2) is 26.3 Å². The van der Waals surface area contributed by atoms with E-state index in [2.05, 4.69) is 6.07 Å². The van der Waals surface area contributed by atoms with Gasteiger partial charge in [0.05, 0.1) is 37.9 Å². The summed E-state index contributed by atoms with van der Waals surface area (Å²) in [6.45, 7) is 0. The van der Waals surface area contributed by atoms with Gasteiger partial charge in [0.15, 0.2) is 11.5 Å². The Morgan fingerprint density at radius 3 is 2.08 bits per heavy atom. The van der Waals surface area contributed by atoms with Gasteiger partial charge in [0, 0.05) is 23.8 Å². The third-order valence-electron chi connectivity index (χ3n) is 3.55. The molecule has 0 unspecified atom stereocenters. The minimum atomic E-state index is -0.489. The SMILES string of the molecule is COc1cc(OC)c(OC)cc1C=C(C#N)c1ccc([N+](=O)[O-])cc1. The Hall–Kier alpha value is -3.53. The van der Waals surface area contributed by atoms with E-state index in [0.29, 0.717) is 33.9 Å². The number of non-ortho nitro benzene ring substituents is 1. The Morgan fingerprint density at radius 2 is 1.60 bits per heavy atom. The highest BCUT2D eigenvalue weighted by atomic mass is 16.6. The first kappa shape index (κ1) is 17.8. The lowest BCUT2D eigenvalue weighted by atomic mass is 10.0. The summed E-state index contributed by atoms with van der Waals surface area (Å²) >= 11 is 0. The number of nitro benzene ring substituents is 1. The molecule has 0 radical (unpaired) electrons. The average molecular weight is 340 g/mol. The first-order valence-electron chi connectivity index (χ1n) is 7.20. The zero-order chi connectivity index (χ0) is 18.4. The summed E-state index contributed by atoms with van der Waals surface area (Å²) in [6.07, 6.45) is 1.63. The summed E-state index contributed by atoms with van der Waals surface area (Å²) in [5.74, 6) is 1.51. The Labute approximate surface area is 144 Å². The van der Waals surface area contributed by atoms with Crippen LogP contribution in [0.15, 0.2) is 36.4 Å². The zero-order valence-electron chi connectivity index (χ0n) is 14.0. The number of nitriles is 1. The van der Waals surface area contributed by atoms with Gasteiger partial charge in [-0.2, -0.15) is 5.26 Å². The smallest absolute Gasteiger partial charge is 0.269 e. The van der Waals surface area contributed by atoms with Crippen molar-refractivity contribution in [1.29, 1.82) is 5.26 Å². The fourth-order valence-electron chi connectivity index (χ4n) is 2.26. The van der Waals surface area contributed by atoms with Gasteiger partial charge in [-0.15, -0.1) is 0 Å². The van der Waals surface area contributed by atoms with Crippen LogP contribution in [0.1, 0.15) is 11.1 Å². The van der Waals surface area contributed by atoms with E-state index in [-0.39, 0.29) is 5.69 Å². The monoisotopic (exact) mass is 340 g/mol. The van der Waals surface area contributed by atoms with Crippen molar-refractivity contribution in [2.75, 3.05) is 21.3 Å². The van der Waals surface area contributed by atoms with Gasteiger partial charge in [-0.25, -0.2) is 0 Å². The number of methoxy groups -OCH3 is 3. The summed E-state index contributed by atoms with van der Waals surface area (Å²) in [4.78, 5) is 10.3. The summed E-state index contributed by atoms with van der Waals surface area (Å²) in [5.41, 5.74) is 1.48. The molecule has 0 aliphatic rings. The molecule has 0 aliphatic carbocycles. The summed E-state index contributed by atoms with van der Waals surface area (Å²) in [7, 11) is 4.54. The first-order valence-corrected chi connectivity index (χ1v) is 7.20. The van der Waals surface area contributed by atoms with Gasteiger partial charge in [-0.1, -0.05) is 0 Å². The number of nitro groups is 1. The maximum atomic E-state index is 10.7. The molecule has 0 amide bonds. The second kappa shape index (κ2) is 7.84. The molecule has 0 aromatic heterocycles. The quantitative estimate of drug-likeness (QED) is 0.344. The van der Waals surface area contributed by atoms with E-state index >= 15 is 0 Å². The number of ether oxygens (including phenoxy) is 3. The van der Waals surface area contributed by atoms with Crippen LogP contribution in [0, 0.1) is 21.4 Å². The predicted molar refractivity (Wildman–Crippen MR) is 92.7 cm³/mol. The van der Waals surface area contributed by atoms with Gasteiger partial charge in [-0.05, 0) is 29.8 Å². The average Bonchev–Trinajstić information content (AvgIpc) is 2.65. The zero-order valence-corrected chi connectivity index (χ0v) is 14.0. The second-order valence-electron chi connectivity index (χ2n) is 4.92. The molecule has 2 aromatic carbocycles. The van der Waals surface area contributed by atoms with Crippen molar-refractivity contribution in [3.8, 4) is 23.3 Å². The van der Waals surface area contributed by atoms with Crippen LogP contribution in [0.3, 0.4) is 0 Å². The van der Waals surface area contributed by atoms with E-state index in [9.17, 15) is 15.4 Å². The highest BCUT2D eigenvalue weighted by molar-refractivity contribution is 5.91. The Morgan fingerprint density at radius 1 is 1.04 bits per heavy atom. The van der Waals surface area contributed by atoms with E-state index in [0.717, 1.165) is 0 Å². The van der Waals surface area contributed by atoms with Gasteiger partial charge in [0.1, 0.15) is 5.75 Å². The van der Waals surface area contributed by atoms with Gasteiger partial charge in [0.25, 0.3) is 5.69 Å². The topological polar surface area (TPSA) is 94.6 Å². The van der Waals surface area contributed by atoms with E-state index in [1.54, 1.807) is 18.2 Å². The van der Waals surface area contributed by atoms with E-state index < -0.39 is 4.92 Å². The predicted octanol–water partition coefficient (Wildman–Crippen LogP) is 3.68. The number of hydrogen-bond donors (Lipinski definition) is 0. The minimum Gasteiger partial charge on any atom is -0.496 e. The molecule has 2 aromatic rings. The van der Waals surface area contributed by atoms with Crippen molar-refractivity contribution in [3.63, 3.8) is 0 Å². The Balaban J connectivity index is 2.52. The fourth-order valence-corrected chi connectivity index (χ4v) is 2.26. The standard InChI is InChI=1S/C18H16N2O5/c1-23-16-10-18(25-3)17(24-2)9-13(16)8-14(11-19)12-4-6-15(7-5-12)20(21)22/h4-10H,1-3H3. The third kappa shape index (κ3) is 3.87. The molecule has 0 atom stereocenters. The van der Waals surface area contributed by atoms with Crippen molar-refractivity contribution in [3.05, 3.63) is 57.6 Å². The normalized spacial score (nSPS) is 10.7. The molecule has 0 aliphatic heterocycles. The van der Waals surface area contributed by atoms with E-state index in [1.807, 2.05) is 0 Å². The largest absolute Gasteiger partial charge is 0.496 e. The molecule has 2 rings (SSSR count). The molecule has 0 saturated carbocycles. The first-order chi connectivity index (χ1) is 12.0. The third-order valence-corrected chi connectivity index (χ3v) is 3.55. The van der Waals surface area contributed by atoms with Crippen molar-refractivity contribution in [1.82, 2.24) is 0 Å². The molecular weight excluding hydrogens is 324 g/mol. The minimum absolute atomic E-state index is 0.0373. The van der Waals surface area contributed by atoms with Crippen molar-refractivity contribution >= 4 is 17.3 Å². The van der Waals surface area contributed by atoms with Crippen molar-refractivity contribution in [2.24, 2.45) is 0 Å². The van der Waals surface area contributed by atoms with E-state index in [4.69, 9.17) is 14.2 Å². The maximum absolute atomic E-state index is 10.7. The molecule has 0 spiro atoms. The fraction of sp³-hybridized carbons (Fsp3) is 0.167. The molecule has 128 valence electrons. The van der Waals surface area contributed by atoms with Crippen molar-refractivity contribution < 1.29 is 19.1 Å². The van der Waals surface area contributed by atoms with Gasteiger partial charge in [0.2, 0.25) is 0 Å². The molecule has 0 fully saturated rings. The van der Waals surface area contributed by atoms with Crippen LogP contribution in [0.25, 0.3) is 11.6 Å². The number of allylic oxidation sites excluding steroid dienone is 1. The molecule has 0 saturated heterocycles. The molecule has 0 heterocycles. The highest BCUT2D eigenvalue weighted by Gasteiger charge is 2.12.